The quantitative estimate of drug-likeness (QED) is 0.779. The van der Waals surface area contributed by atoms with Crippen molar-refractivity contribution in [3.05, 3.63) is 53.1 Å². The van der Waals surface area contributed by atoms with E-state index in [0.29, 0.717) is 25.3 Å². The first kappa shape index (κ1) is 19.4. The minimum Gasteiger partial charge on any atom is -0.337 e. The number of hydrogen-bond donors (Lipinski definition) is 0. The highest BCUT2D eigenvalue weighted by Gasteiger charge is 2.50. The van der Waals surface area contributed by atoms with Crippen LogP contribution in [0.2, 0.25) is 0 Å². The number of benzene rings is 1. The number of aryl methyl sites for hydroxylation is 2. The molecule has 7 nitrogen and oxygen atoms in total. The zero-order chi connectivity index (χ0) is 20.9. The van der Waals surface area contributed by atoms with Crippen molar-refractivity contribution in [3.63, 3.8) is 0 Å². The number of hydrogen-bond acceptors (Lipinski definition) is 3. The van der Waals surface area contributed by atoms with Crippen LogP contribution in [0.15, 0.2) is 30.3 Å². The first-order valence-electron chi connectivity index (χ1n) is 9.79. The van der Waals surface area contributed by atoms with Crippen molar-refractivity contribution in [3.8, 4) is 0 Å². The summed E-state index contributed by atoms with van der Waals surface area (Å²) >= 11 is 0. The van der Waals surface area contributed by atoms with Crippen LogP contribution >= 0.6 is 0 Å². The van der Waals surface area contributed by atoms with Crippen LogP contribution in [0.5, 0.6) is 0 Å². The van der Waals surface area contributed by atoms with E-state index in [2.05, 4.69) is 5.10 Å². The summed E-state index contributed by atoms with van der Waals surface area (Å²) in [6.45, 7) is 3.53. The summed E-state index contributed by atoms with van der Waals surface area (Å²) in [5, 5.41) is 4.27. The summed E-state index contributed by atoms with van der Waals surface area (Å²) in [5.41, 5.74) is 2.14. The fourth-order valence-electron chi connectivity index (χ4n) is 4.75. The minimum atomic E-state index is -0.320. The van der Waals surface area contributed by atoms with Crippen molar-refractivity contribution in [1.82, 2.24) is 24.5 Å². The molecule has 3 atom stereocenters. The predicted octanol–water partition coefficient (Wildman–Crippen LogP) is 2.29. The van der Waals surface area contributed by atoms with Crippen LogP contribution in [0.4, 0.5) is 9.18 Å². The Morgan fingerprint density at radius 2 is 1.93 bits per heavy atom. The summed E-state index contributed by atoms with van der Waals surface area (Å²) in [5.74, 6) is -0.144. The number of carbonyl (C=O) groups is 2. The summed E-state index contributed by atoms with van der Waals surface area (Å²) < 4.78 is 15.5. The average molecular weight is 399 g/mol. The van der Waals surface area contributed by atoms with Crippen molar-refractivity contribution >= 4 is 11.9 Å². The van der Waals surface area contributed by atoms with Crippen LogP contribution in [0.1, 0.15) is 27.8 Å². The van der Waals surface area contributed by atoms with Gasteiger partial charge in [0.25, 0.3) is 5.91 Å². The van der Waals surface area contributed by atoms with E-state index in [9.17, 15) is 14.0 Å². The van der Waals surface area contributed by atoms with Crippen molar-refractivity contribution < 1.29 is 14.0 Å². The van der Waals surface area contributed by atoms with Gasteiger partial charge in [0.1, 0.15) is 11.5 Å². The Labute approximate surface area is 169 Å². The Hall–Kier alpha value is -2.90. The molecule has 2 aliphatic heterocycles. The molecule has 154 valence electrons. The lowest BCUT2D eigenvalue weighted by Gasteiger charge is -2.31. The van der Waals surface area contributed by atoms with Gasteiger partial charge < -0.3 is 14.7 Å². The molecule has 0 radical (unpaired) electrons. The molecule has 29 heavy (non-hydrogen) atoms. The number of halogens is 1. The number of likely N-dealkylation sites (tertiary alicyclic amines) is 2. The minimum absolute atomic E-state index is 0.0500. The van der Waals surface area contributed by atoms with Gasteiger partial charge in [0.2, 0.25) is 0 Å². The summed E-state index contributed by atoms with van der Waals surface area (Å²) in [7, 11) is 5.21. The standard InChI is InChI=1S/C21H26FN5O2/c1-13-8-18(25(4)23-13)20(28)26-10-15-11-27(21(29)24(2)3)19(17(15)12-26)14-6-5-7-16(22)9-14/h5-9,15,17,19H,10-12H2,1-4H3/t15-,17-,19-/m1/s1. The smallest absolute Gasteiger partial charge is 0.320 e. The van der Waals surface area contributed by atoms with E-state index < -0.39 is 0 Å². The molecule has 2 aliphatic rings. The summed E-state index contributed by atoms with van der Waals surface area (Å²) in [6, 6.07) is 7.89. The second-order valence-electron chi connectivity index (χ2n) is 8.26. The zero-order valence-electron chi connectivity index (χ0n) is 17.2. The molecule has 1 aromatic carbocycles. The largest absolute Gasteiger partial charge is 0.337 e. The van der Waals surface area contributed by atoms with E-state index in [4.69, 9.17) is 0 Å². The third-order valence-electron chi connectivity index (χ3n) is 5.99. The molecule has 0 unspecified atom stereocenters. The number of nitrogens with zero attached hydrogens (tertiary/aromatic N) is 5. The van der Waals surface area contributed by atoms with Crippen LogP contribution in [0.25, 0.3) is 0 Å². The zero-order valence-corrected chi connectivity index (χ0v) is 17.2. The fourth-order valence-corrected chi connectivity index (χ4v) is 4.75. The molecule has 8 heteroatoms. The van der Waals surface area contributed by atoms with Crippen LogP contribution in [-0.2, 0) is 7.05 Å². The number of amides is 3. The maximum Gasteiger partial charge on any atom is 0.320 e. The third kappa shape index (κ3) is 3.36. The number of aromatic nitrogens is 2. The summed E-state index contributed by atoms with van der Waals surface area (Å²) in [4.78, 5) is 31.1. The normalized spacial score (nSPS) is 23.4. The molecular formula is C21H26FN5O2. The number of urea groups is 1. The lowest BCUT2D eigenvalue weighted by Crippen LogP contribution is -2.42. The molecule has 2 saturated heterocycles. The Bertz CT molecular complexity index is 956. The molecule has 2 aromatic rings. The van der Waals surface area contributed by atoms with Gasteiger partial charge in [0.15, 0.2) is 0 Å². The van der Waals surface area contributed by atoms with E-state index in [1.807, 2.05) is 22.8 Å². The average Bonchev–Trinajstić information content (AvgIpc) is 3.32. The van der Waals surface area contributed by atoms with Crippen LogP contribution in [0.3, 0.4) is 0 Å². The first-order chi connectivity index (χ1) is 13.8. The van der Waals surface area contributed by atoms with Gasteiger partial charge in [-0.15, -0.1) is 0 Å². The van der Waals surface area contributed by atoms with Crippen molar-refractivity contribution in [2.24, 2.45) is 18.9 Å². The fraction of sp³-hybridized carbons (Fsp3) is 0.476. The maximum atomic E-state index is 13.9. The highest BCUT2D eigenvalue weighted by molar-refractivity contribution is 5.93. The highest BCUT2D eigenvalue weighted by Crippen LogP contribution is 2.45. The lowest BCUT2D eigenvalue weighted by molar-refractivity contribution is 0.0755. The van der Waals surface area contributed by atoms with E-state index in [0.717, 1.165) is 11.3 Å². The van der Waals surface area contributed by atoms with Gasteiger partial charge in [-0.1, -0.05) is 12.1 Å². The lowest BCUT2D eigenvalue weighted by atomic mass is 9.89. The van der Waals surface area contributed by atoms with Gasteiger partial charge in [-0.25, -0.2) is 9.18 Å². The Morgan fingerprint density at radius 3 is 2.55 bits per heavy atom. The van der Waals surface area contributed by atoms with Crippen molar-refractivity contribution in [1.29, 1.82) is 0 Å². The molecule has 0 bridgehead atoms. The molecular weight excluding hydrogens is 373 g/mol. The van der Waals surface area contributed by atoms with Gasteiger partial charge >= 0.3 is 6.03 Å². The molecule has 0 aliphatic carbocycles. The number of rotatable bonds is 2. The van der Waals surface area contributed by atoms with Gasteiger partial charge in [-0.05, 0) is 30.7 Å². The third-order valence-corrected chi connectivity index (χ3v) is 5.99. The van der Waals surface area contributed by atoms with Crippen LogP contribution in [-0.4, -0.2) is 70.1 Å². The predicted molar refractivity (Wildman–Crippen MR) is 106 cm³/mol. The van der Waals surface area contributed by atoms with E-state index in [1.165, 1.54) is 12.1 Å². The molecule has 3 heterocycles. The summed E-state index contributed by atoms with van der Waals surface area (Å²) in [6.07, 6.45) is 0. The monoisotopic (exact) mass is 399 g/mol. The molecule has 0 N–H and O–H groups in total. The molecule has 3 amide bonds. The van der Waals surface area contributed by atoms with Gasteiger partial charge in [0, 0.05) is 52.6 Å². The van der Waals surface area contributed by atoms with E-state index >= 15 is 0 Å². The van der Waals surface area contributed by atoms with Gasteiger partial charge in [-0.2, -0.15) is 5.10 Å². The van der Waals surface area contributed by atoms with Gasteiger partial charge in [-0.3, -0.25) is 9.48 Å². The van der Waals surface area contributed by atoms with Crippen LogP contribution in [0, 0.1) is 24.6 Å². The highest BCUT2D eigenvalue weighted by atomic mass is 19.1. The molecule has 0 spiro atoms. The maximum absolute atomic E-state index is 13.9. The Kier molecular flexibility index (Phi) is 4.80. The van der Waals surface area contributed by atoms with Gasteiger partial charge in [0.05, 0.1) is 11.7 Å². The number of fused-ring (bicyclic) bond motifs is 1. The first-order valence-corrected chi connectivity index (χ1v) is 9.79. The molecule has 0 saturated carbocycles. The molecule has 4 rings (SSSR count). The second-order valence-corrected chi connectivity index (χ2v) is 8.26. The Morgan fingerprint density at radius 1 is 1.17 bits per heavy atom. The topological polar surface area (TPSA) is 61.7 Å². The van der Waals surface area contributed by atoms with Crippen LogP contribution < -0.4 is 0 Å². The Balaban J connectivity index is 1.63. The number of carbonyl (C=O) groups excluding carboxylic acids is 2. The SMILES string of the molecule is Cc1cc(C(=O)N2C[C@@H]3CN(C(=O)N(C)C)[C@H](c4cccc(F)c4)[C@@H]3C2)n(C)n1. The molecule has 2 fully saturated rings. The van der Waals surface area contributed by atoms with Crippen molar-refractivity contribution in [2.75, 3.05) is 33.7 Å². The van der Waals surface area contributed by atoms with E-state index in [1.54, 1.807) is 42.9 Å². The van der Waals surface area contributed by atoms with E-state index in [-0.39, 0.29) is 35.6 Å². The molecule has 1 aromatic heterocycles. The second kappa shape index (κ2) is 7.17. The van der Waals surface area contributed by atoms with Crippen molar-refractivity contribution in [2.45, 2.75) is 13.0 Å².